The third-order valence-corrected chi connectivity index (χ3v) is 22.8. The van der Waals surface area contributed by atoms with E-state index in [-0.39, 0.29) is 54.5 Å². The summed E-state index contributed by atoms with van der Waals surface area (Å²) >= 11 is 0. The predicted octanol–water partition coefficient (Wildman–Crippen LogP) is 2.63. The van der Waals surface area contributed by atoms with Crippen LogP contribution in [0, 0.1) is 0 Å². The first-order valence-electron chi connectivity index (χ1n) is 14.4. The fourth-order valence-corrected chi connectivity index (χ4v) is 19.4. The molecule has 3 aliphatic rings. The van der Waals surface area contributed by atoms with Crippen molar-refractivity contribution in [2.45, 2.75) is 113 Å². The molecule has 4 unspecified atom stereocenters. The van der Waals surface area contributed by atoms with Crippen molar-refractivity contribution < 1.29 is 29.3 Å². The zero-order chi connectivity index (χ0) is 28.3. The van der Waals surface area contributed by atoms with Crippen LogP contribution < -0.4 is 0 Å². The summed E-state index contributed by atoms with van der Waals surface area (Å²) in [6, 6.07) is 1.32. The van der Waals surface area contributed by atoms with E-state index in [4.69, 9.17) is 8.85 Å². The van der Waals surface area contributed by atoms with Crippen LogP contribution in [-0.2, 0) is 8.85 Å². The standard InChI is InChI=1S/C26H58N2O6Si3/c1-10-25(3,34-35(4,5)19-11-13-27(15-17-29)16-18-30)37(8,9)33-22(2)36(6,7)26-12-14-28(23(26)20-31)24(26)21-32/h22-24,29-32H,10-21H2,1-9H3. The normalized spacial score (nSPS) is 28.9. The summed E-state index contributed by atoms with van der Waals surface area (Å²) in [7, 11) is -6.38. The molecule has 0 saturated carbocycles. The van der Waals surface area contributed by atoms with Crippen molar-refractivity contribution in [2.75, 3.05) is 52.6 Å². The molecule has 4 atom stereocenters. The first-order valence-corrected chi connectivity index (χ1v) is 23.5. The molecule has 3 heterocycles. The minimum Gasteiger partial charge on any atom is -0.415 e. The second kappa shape index (κ2) is 12.9. The molecule has 0 aromatic heterocycles. The lowest BCUT2D eigenvalue weighted by molar-refractivity contribution is -0.0351. The van der Waals surface area contributed by atoms with E-state index < -0.39 is 24.7 Å². The molecular formula is C26H58N2O6Si3. The van der Waals surface area contributed by atoms with Crippen LogP contribution in [0.1, 0.15) is 40.0 Å². The molecule has 0 aromatic rings. The third-order valence-electron chi connectivity index (χ3n) is 10.3. The van der Waals surface area contributed by atoms with Gasteiger partial charge in [0.15, 0.2) is 8.32 Å². The Morgan fingerprint density at radius 3 is 1.97 bits per heavy atom. The molecule has 3 rings (SSSR count). The molecule has 0 radical (unpaired) electrons. The van der Waals surface area contributed by atoms with Gasteiger partial charge in [0.05, 0.1) is 39.7 Å². The monoisotopic (exact) mass is 578 g/mol. The maximum atomic E-state index is 10.2. The highest BCUT2D eigenvalue weighted by Crippen LogP contribution is 2.65. The third kappa shape index (κ3) is 6.47. The first kappa shape index (κ1) is 33.5. The van der Waals surface area contributed by atoms with E-state index in [9.17, 15) is 20.4 Å². The van der Waals surface area contributed by atoms with Crippen LogP contribution in [0.4, 0.5) is 0 Å². The van der Waals surface area contributed by atoms with Crippen molar-refractivity contribution in [3.05, 3.63) is 0 Å². The second-order valence-corrected chi connectivity index (χ2v) is 27.0. The van der Waals surface area contributed by atoms with E-state index in [2.05, 4.69) is 69.9 Å². The lowest BCUT2D eigenvalue weighted by atomic mass is 9.83. The van der Waals surface area contributed by atoms with E-state index >= 15 is 0 Å². The van der Waals surface area contributed by atoms with Crippen molar-refractivity contribution in [3.8, 4) is 0 Å². The zero-order valence-electron chi connectivity index (χ0n) is 25.2. The molecule has 0 amide bonds. The van der Waals surface area contributed by atoms with E-state index in [0.717, 1.165) is 38.4 Å². The number of fused-ring (bicyclic) bond motifs is 1. The van der Waals surface area contributed by atoms with Crippen molar-refractivity contribution in [1.82, 2.24) is 9.80 Å². The highest BCUT2D eigenvalue weighted by molar-refractivity contribution is 6.84. The van der Waals surface area contributed by atoms with Gasteiger partial charge in [0.1, 0.15) is 0 Å². The van der Waals surface area contributed by atoms with Gasteiger partial charge in [-0.05, 0) is 78.4 Å². The fourth-order valence-electron chi connectivity index (χ4n) is 7.35. The van der Waals surface area contributed by atoms with E-state index in [1.54, 1.807) is 0 Å². The number of nitrogens with zero attached hydrogens (tertiary/aromatic N) is 2. The zero-order valence-corrected chi connectivity index (χ0v) is 28.2. The van der Waals surface area contributed by atoms with Gasteiger partial charge in [-0.25, -0.2) is 0 Å². The van der Waals surface area contributed by atoms with Gasteiger partial charge in [-0.1, -0.05) is 20.0 Å². The molecule has 37 heavy (non-hydrogen) atoms. The minimum atomic E-state index is -2.32. The van der Waals surface area contributed by atoms with Crippen molar-refractivity contribution in [1.29, 1.82) is 0 Å². The maximum absolute atomic E-state index is 10.2. The number of aliphatic hydroxyl groups excluding tert-OH is 4. The average Bonchev–Trinajstić information content (AvgIpc) is 3.38. The van der Waals surface area contributed by atoms with Crippen molar-refractivity contribution in [2.24, 2.45) is 0 Å². The van der Waals surface area contributed by atoms with Crippen LogP contribution in [0.3, 0.4) is 0 Å². The molecule has 3 saturated heterocycles. The Bertz CT molecular complexity index is 710. The van der Waals surface area contributed by atoms with Crippen LogP contribution in [0.15, 0.2) is 0 Å². The van der Waals surface area contributed by atoms with Gasteiger partial charge in [-0.2, -0.15) is 0 Å². The molecule has 11 heteroatoms. The Morgan fingerprint density at radius 1 is 0.973 bits per heavy atom. The average molecular weight is 579 g/mol. The van der Waals surface area contributed by atoms with Gasteiger partial charge in [0, 0.05) is 35.9 Å². The summed E-state index contributed by atoms with van der Waals surface area (Å²) < 4.78 is 14.2. The summed E-state index contributed by atoms with van der Waals surface area (Å²) in [4.78, 5) is 4.42. The summed E-state index contributed by atoms with van der Waals surface area (Å²) in [5.41, 5.74) is 0.0993. The Labute approximate surface area is 229 Å². The van der Waals surface area contributed by atoms with Gasteiger partial charge in [0.25, 0.3) is 0 Å². The Kier molecular flexibility index (Phi) is 11.7. The topological polar surface area (TPSA) is 106 Å². The highest BCUT2D eigenvalue weighted by atomic mass is 28.4. The van der Waals surface area contributed by atoms with Crippen LogP contribution in [0.5, 0.6) is 0 Å². The van der Waals surface area contributed by atoms with Gasteiger partial charge < -0.3 is 29.3 Å². The summed E-state index contributed by atoms with van der Waals surface area (Å²) in [5, 5.41) is 38.7. The Hall–Kier alpha value is 0.331. The number of hydrogen-bond acceptors (Lipinski definition) is 8. The second-order valence-electron chi connectivity index (χ2n) is 13.3. The highest BCUT2D eigenvalue weighted by Gasteiger charge is 2.72. The molecule has 0 aromatic carbocycles. The van der Waals surface area contributed by atoms with Gasteiger partial charge in [-0.3, -0.25) is 9.80 Å². The van der Waals surface area contributed by atoms with E-state index in [0.29, 0.717) is 13.1 Å². The summed E-state index contributed by atoms with van der Waals surface area (Å²) in [5.74, 6) is 0. The van der Waals surface area contributed by atoms with Crippen LogP contribution in [-0.4, -0.2) is 131 Å². The number of hydrogen-bond donors (Lipinski definition) is 4. The van der Waals surface area contributed by atoms with Gasteiger partial charge in [-0.15, -0.1) is 0 Å². The smallest absolute Gasteiger partial charge is 0.216 e. The van der Waals surface area contributed by atoms with Crippen molar-refractivity contribution >= 4 is 24.7 Å². The molecule has 3 fully saturated rings. The van der Waals surface area contributed by atoms with E-state index in [1.807, 2.05) is 0 Å². The summed E-state index contributed by atoms with van der Waals surface area (Å²) in [6.07, 6.45) is 2.93. The molecule has 8 nitrogen and oxygen atoms in total. The molecule has 3 aliphatic heterocycles. The van der Waals surface area contributed by atoms with Crippen LogP contribution in [0.2, 0.25) is 50.4 Å². The number of aliphatic hydroxyl groups is 4. The SMILES string of the molecule is CCC(C)(O[Si](C)(C)CCCN(CCO)CCO)[Si](C)(C)OC(C)[Si](C)(C)C12CCN(C1CO)C2CO. The minimum absolute atomic E-state index is 0.00704. The lowest BCUT2D eigenvalue weighted by Gasteiger charge is -2.63. The molecule has 0 aliphatic carbocycles. The number of rotatable bonds is 18. The fraction of sp³-hybridized carbons (Fsp3) is 1.00. The summed E-state index contributed by atoms with van der Waals surface area (Å²) in [6.45, 7) is 24.3. The predicted molar refractivity (Wildman–Crippen MR) is 159 cm³/mol. The Morgan fingerprint density at radius 2 is 1.51 bits per heavy atom. The van der Waals surface area contributed by atoms with Crippen LogP contribution >= 0.6 is 0 Å². The molecule has 220 valence electrons. The largest absolute Gasteiger partial charge is 0.415 e. The molecule has 0 spiro atoms. The molecule has 2 bridgehead atoms. The van der Waals surface area contributed by atoms with Gasteiger partial charge >= 0.3 is 0 Å². The van der Waals surface area contributed by atoms with E-state index in [1.165, 1.54) is 0 Å². The Balaban J connectivity index is 2.11. The van der Waals surface area contributed by atoms with Gasteiger partial charge in [0.2, 0.25) is 8.32 Å². The van der Waals surface area contributed by atoms with Crippen molar-refractivity contribution in [3.63, 3.8) is 0 Å². The maximum Gasteiger partial charge on any atom is 0.216 e. The van der Waals surface area contributed by atoms with Crippen LogP contribution in [0.25, 0.3) is 0 Å². The quantitative estimate of drug-likeness (QED) is 0.184. The first-order chi connectivity index (χ1) is 17.1. The lowest BCUT2D eigenvalue weighted by Crippen LogP contribution is -2.75. The molecular weight excluding hydrogens is 521 g/mol. The molecule has 4 N–H and O–H groups in total.